The number of carbonyl (C=O) groups is 1. The van der Waals surface area contributed by atoms with Crippen LogP contribution in [0.1, 0.15) is 10.4 Å². The molecule has 0 radical (unpaired) electrons. The van der Waals surface area contributed by atoms with Crippen molar-refractivity contribution >= 4 is 44.9 Å². The molecule has 2 aromatic carbocycles. The number of hydrogen-bond acceptors (Lipinski definition) is 3. The minimum atomic E-state index is -4.18. The van der Waals surface area contributed by atoms with Crippen LogP contribution in [0.4, 0.5) is 10.1 Å². The number of aromatic carboxylic acids is 1. The molecule has 0 saturated heterocycles. The van der Waals surface area contributed by atoms with Crippen LogP contribution in [-0.4, -0.2) is 19.5 Å². The molecule has 0 aliphatic rings. The van der Waals surface area contributed by atoms with Gasteiger partial charge < -0.3 is 5.11 Å². The van der Waals surface area contributed by atoms with Gasteiger partial charge in [0.2, 0.25) is 0 Å². The van der Waals surface area contributed by atoms with Gasteiger partial charge in [-0.15, -0.1) is 0 Å². The first-order chi connectivity index (χ1) is 10.2. The number of carboxylic acid groups (broad SMARTS) is 1. The average Bonchev–Trinajstić information content (AvgIpc) is 2.36. The molecule has 0 atom stereocenters. The van der Waals surface area contributed by atoms with Gasteiger partial charge in [0.15, 0.2) is 0 Å². The van der Waals surface area contributed by atoms with E-state index in [1.807, 2.05) is 4.72 Å². The lowest BCUT2D eigenvalue weighted by atomic mass is 10.2. The second-order valence-electron chi connectivity index (χ2n) is 4.18. The van der Waals surface area contributed by atoms with Gasteiger partial charge in [0.1, 0.15) is 11.4 Å². The zero-order chi connectivity index (χ0) is 16.5. The third-order valence-corrected chi connectivity index (χ3v) is 4.40. The van der Waals surface area contributed by atoms with Gasteiger partial charge in [-0.05, 0) is 30.3 Å². The Balaban J connectivity index is 2.50. The number of carboxylic acids is 1. The van der Waals surface area contributed by atoms with Gasteiger partial charge in [-0.25, -0.2) is 17.6 Å². The van der Waals surface area contributed by atoms with Crippen molar-refractivity contribution in [2.75, 3.05) is 4.72 Å². The largest absolute Gasteiger partial charge is 0.478 e. The van der Waals surface area contributed by atoms with Crippen LogP contribution in [0, 0.1) is 5.82 Å². The third kappa shape index (κ3) is 3.49. The molecule has 0 aliphatic carbocycles. The molecule has 9 heteroatoms. The van der Waals surface area contributed by atoms with Gasteiger partial charge in [0.05, 0.1) is 10.6 Å². The normalized spacial score (nSPS) is 11.2. The van der Waals surface area contributed by atoms with Crippen molar-refractivity contribution in [2.45, 2.75) is 4.90 Å². The number of hydrogen-bond donors (Lipinski definition) is 2. The van der Waals surface area contributed by atoms with Crippen molar-refractivity contribution in [1.29, 1.82) is 0 Å². The lowest BCUT2D eigenvalue weighted by Crippen LogP contribution is -2.16. The molecule has 0 bridgehead atoms. The summed E-state index contributed by atoms with van der Waals surface area (Å²) in [7, 11) is -4.18. The van der Waals surface area contributed by atoms with Gasteiger partial charge in [-0.1, -0.05) is 29.3 Å². The quantitative estimate of drug-likeness (QED) is 0.868. The monoisotopic (exact) mass is 363 g/mol. The molecule has 0 fully saturated rings. The Bertz CT molecular complexity index is 835. The first-order valence-electron chi connectivity index (χ1n) is 5.71. The van der Waals surface area contributed by atoms with Gasteiger partial charge >= 0.3 is 5.97 Å². The average molecular weight is 364 g/mol. The Labute approximate surface area is 135 Å². The minimum absolute atomic E-state index is 0.0885. The van der Waals surface area contributed by atoms with Crippen molar-refractivity contribution in [3.63, 3.8) is 0 Å². The fraction of sp³-hybridized carbons (Fsp3) is 0. The molecule has 116 valence electrons. The maximum atomic E-state index is 13.5. The van der Waals surface area contributed by atoms with Crippen LogP contribution in [0.5, 0.6) is 0 Å². The molecule has 2 N–H and O–H groups in total. The summed E-state index contributed by atoms with van der Waals surface area (Å²) in [5, 5.41) is 9.16. The van der Waals surface area contributed by atoms with Gasteiger partial charge in [0, 0.05) is 10.0 Å². The van der Waals surface area contributed by atoms with Gasteiger partial charge in [-0.3, -0.25) is 4.72 Å². The van der Waals surface area contributed by atoms with Crippen LogP contribution in [0.2, 0.25) is 10.0 Å². The fourth-order valence-corrected chi connectivity index (χ4v) is 3.51. The van der Waals surface area contributed by atoms with E-state index in [0.29, 0.717) is 0 Å². The van der Waals surface area contributed by atoms with Crippen LogP contribution < -0.4 is 4.72 Å². The van der Waals surface area contributed by atoms with Crippen LogP contribution in [-0.2, 0) is 10.0 Å². The van der Waals surface area contributed by atoms with Crippen molar-refractivity contribution < 1.29 is 22.7 Å². The summed E-state index contributed by atoms with van der Waals surface area (Å²) >= 11 is 11.5. The number of nitrogens with one attached hydrogen (secondary N) is 1. The zero-order valence-corrected chi connectivity index (χ0v) is 13.0. The molecule has 2 rings (SSSR count). The summed E-state index contributed by atoms with van der Waals surface area (Å²) in [6, 6.07) is 6.84. The van der Waals surface area contributed by atoms with E-state index in [0.717, 1.165) is 24.3 Å². The zero-order valence-electron chi connectivity index (χ0n) is 10.7. The standard InChI is InChI=1S/C13H8Cl2FNO4S/c14-7-4-8(15)6-9(5-7)22(20,21)17-11-3-1-2-10(16)12(11)13(18)19/h1-6,17H,(H,18,19). The highest BCUT2D eigenvalue weighted by molar-refractivity contribution is 7.92. The Hall–Kier alpha value is -1.83. The summed E-state index contributed by atoms with van der Waals surface area (Å²) < 4.78 is 40.1. The second kappa shape index (κ2) is 6.12. The number of rotatable bonds is 4. The van der Waals surface area contributed by atoms with Gasteiger partial charge in [0.25, 0.3) is 10.0 Å². The smallest absolute Gasteiger partial charge is 0.340 e. The van der Waals surface area contributed by atoms with Crippen LogP contribution in [0.25, 0.3) is 0 Å². The summed E-state index contributed by atoms with van der Waals surface area (Å²) in [6.45, 7) is 0. The Morgan fingerprint density at radius 3 is 2.27 bits per heavy atom. The highest BCUT2D eigenvalue weighted by Gasteiger charge is 2.22. The van der Waals surface area contributed by atoms with E-state index in [1.54, 1.807) is 0 Å². The molecule has 0 aliphatic heterocycles. The first kappa shape index (κ1) is 16.5. The van der Waals surface area contributed by atoms with Crippen molar-refractivity contribution in [2.24, 2.45) is 0 Å². The van der Waals surface area contributed by atoms with E-state index >= 15 is 0 Å². The minimum Gasteiger partial charge on any atom is -0.478 e. The molecule has 0 heterocycles. The van der Waals surface area contributed by atoms with Gasteiger partial charge in [-0.2, -0.15) is 0 Å². The van der Waals surface area contributed by atoms with E-state index in [1.165, 1.54) is 12.1 Å². The van der Waals surface area contributed by atoms with E-state index < -0.39 is 33.1 Å². The predicted molar refractivity (Wildman–Crippen MR) is 80.6 cm³/mol. The highest BCUT2D eigenvalue weighted by atomic mass is 35.5. The molecule has 22 heavy (non-hydrogen) atoms. The molecular formula is C13H8Cl2FNO4S. The molecule has 0 amide bonds. The lowest BCUT2D eigenvalue weighted by Gasteiger charge is -2.11. The lowest BCUT2D eigenvalue weighted by molar-refractivity contribution is 0.0693. The van der Waals surface area contributed by atoms with Crippen LogP contribution in [0.3, 0.4) is 0 Å². The molecule has 0 aromatic heterocycles. The summed E-state index contributed by atoms with van der Waals surface area (Å²) in [6.07, 6.45) is 0. The van der Waals surface area contributed by atoms with E-state index in [2.05, 4.69) is 0 Å². The van der Waals surface area contributed by atoms with Crippen LogP contribution in [0.15, 0.2) is 41.3 Å². The number of anilines is 1. The maximum Gasteiger partial charge on any atom is 0.340 e. The number of halogens is 3. The highest BCUT2D eigenvalue weighted by Crippen LogP contribution is 2.26. The molecule has 2 aromatic rings. The topological polar surface area (TPSA) is 83.5 Å². The Morgan fingerprint density at radius 2 is 1.73 bits per heavy atom. The van der Waals surface area contributed by atoms with Crippen molar-refractivity contribution in [3.8, 4) is 0 Å². The first-order valence-corrected chi connectivity index (χ1v) is 7.95. The Kier molecular flexibility index (Phi) is 4.60. The summed E-state index contributed by atoms with van der Waals surface area (Å²) in [5.74, 6) is -2.66. The predicted octanol–water partition coefficient (Wildman–Crippen LogP) is 3.63. The number of benzene rings is 2. The molecule has 0 saturated carbocycles. The van der Waals surface area contributed by atoms with E-state index in [9.17, 15) is 17.6 Å². The summed E-state index contributed by atoms with van der Waals surface area (Å²) in [4.78, 5) is 10.8. The SMILES string of the molecule is O=C(O)c1c(F)cccc1NS(=O)(=O)c1cc(Cl)cc(Cl)c1. The molecule has 0 unspecified atom stereocenters. The third-order valence-electron chi connectivity index (χ3n) is 2.62. The van der Waals surface area contributed by atoms with Crippen LogP contribution >= 0.6 is 23.2 Å². The van der Waals surface area contributed by atoms with E-state index in [4.69, 9.17) is 28.3 Å². The molecule has 0 spiro atoms. The second-order valence-corrected chi connectivity index (χ2v) is 6.73. The van der Waals surface area contributed by atoms with E-state index in [-0.39, 0.29) is 14.9 Å². The molecular weight excluding hydrogens is 356 g/mol. The Morgan fingerprint density at radius 1 is 1.14 bits per heavy atom. The van der Waals surface area contributed by atoms with Crippen molar-refractivity contribution in [1.82, 2.24) is 0 Å². The maximum absolute atomic E-state index is 13.5. The molecule has 5 nitrogen and oxygen atoms in total. The number of sulfonamides is 1. The summed E-state index contributed by atoms with van der Waals surface area (Å²) in [5.41, 5.74) is -1.18. The fourth-order valence-electron chi connectivity index (χ4n) is 1.71. The van der Waals surface area contributed by atoms with Crippen molar-refractivity contribution in [3.05, 3.63) is 57.8 Å².